The summed E-state index contributed by atoms with van der Waals surface area (Å²) in [4.78, 5) is 46.7. The highest BCUT2D eigenvalue weighted by Gasteiger charge is 2.30. The van der Waals surface area contributed by atoms with Gasteiger partial charge in [-0.15, -0.1) is 0 Å². The van der Waals surface area contributed by atoms with Crippen molar-refractivity contribution in [1.29, 1.82) is 0 Å². The maximum atomic E-state index is 13.6. The zero-order chi connectivity index (χ0) is 34.3. The Morgan fingerprint density at radius 2 is 1.44 bits per heavy atom. The summed E-state index contributed by atoms with van der Waals surface area (Å²) in [6, 6.07) is 27.8. The van der Waals surface area contributed by atoms with Crippen LogP contribution in [-0.2, 0) is 11.0 Å². The maximum absolute atomic E-state index is 13.6. The molecule has 1 atom stereocenters. The normalized spacial score (nSPS) is 11.9. The Morgan fingerprint density at radius 1 is 0.771 bits per heavy atom. The number of carbonyl (C=O) groups is 3. The Labute approximate surface area is 276 Å². The lowest BCUT2D eigenvalue weighted by Gasteiger charge is -2.27. The molecule has 0 aliphatic heterocycles. The zero-order valence-electron chi connectivity index (χ0n) is 26.6. The van der Waals surface area contributed by atoms with Gasteiger partial charge in [0.1, 0.15) is 11.9 Å². The van der Waals surface area contributed by atoms with Gasteiger partial charge >= 0.3 is 6.18 Å². The van der Waals surface area contributed by atoms with Crippen molar-refractivity contribution in [3.8, 4) is 11.1 Å². The average molecular weight is 653 g/mol. The number of amides is 3. The molecular weight excluding hydrogens is 617 g/mol. The van der Waals surface area contributed by atoms with Gasteiger partial charge in [-0.3, -0.25) is 14.4 Å². The second-order valence-corrected chi connectivity index (χ2v) is 11.3. The van der Waals surface area contributed by atoms with Gasteiger partial charge in [0.05, 0.1) is 11.1 Å². The molecule has 2 N–H and O–H groups in total. The molecule has 4 aromatic carbocycles. The van der Waals surface area contributed by atoms with Crippen LogP contribution < -0.4 is 10.6 Å². The van der Waals surface area contributed by atoms with E-state index in [1.807, 2.05) is 44.2 Å². The van der Waals surface area contributed by atoms with Gasteiger partial charge in [-0.25, -0.2) is 4.98 Å². The maximum Gasteiger partial charge on any atom is 0.416 e. The van der Waals surface area contributed by atoms with Gasteiger partial charge in [0.15, 0.2) is 0 Å². The van der Waals surface area contributed by atoms with E-state index in [9.17, 15) is 27.6 Å². The topological polar surface area (TPSA) is 91.4 Å². The third-order valence-electron chi connectivity index (χ3n) is 7.84. The molecule has 0 aliphatic rings. The van der Waals surface area contributed by atoms with Gasteiger partial charge in [-0.05, 0) is 78.1 Å². The highest BCUT2D eigenvalue weighted by Crippen LogP contribution is 2.32. The smallest absolute Gasteiger partial charge is 0.341 e. The number of aromatic nitrogens is 1. The van der Waals surface area contributed by atoms with E-state index < -0.39 is 29.6 Å². The quantitative estimate of drug-likeness (QED) is 0.150. The molecule has 0 unspecified atom stereocenters. The summed E-state index contributed by atoms with van der Waals surface area (Å²) >= 11 is 0. The number of nitrogens with one attached hydrogen (secondary N) is 2. The van der Waals surface area contributed by atoms with Crippen molar-refractivity contribution >= 4 is 34.4 Å². The third kappa shape index (κ3) is 7.88. The van der Waals surface area contributed by atoms with Crippen molar-refractivity contribution in [2.45, 2.75) is 38.9 Å². The zero-order valence-corrected chi connectivity index (χ0v) is 26.6. The van der Waals surface area contributed by atoms with Crippen LogP contribution in [0.25, 0.3) is 22.0 Å². The summed E-state index contributed by atoms with van der Waals surface area (Å²) in [5.41, 5.74) is 1.99. The number of benzene rings is 4. The number of halogens is 3. The van der Waals surface area contributed by atoms with Crippen molar-refractivity contribution in [2.75, 3.05) is 18.4 Å². The van der Waals surface area contributed by atoms with Crippen LogP contribution in [0.4, 0.5) is 19.0 Å². The number of fused-ring (bicyclic) bond motifs is 1. The van der Waals surface area contributed by atoms with Gasteiger partial charge in [-0.2, -0.15) is 13.2 Å². The van der Waals surface area contributed by atoms with E-state index in [4.69, 9.17) is 0 Å². The van der Waals surface area contributed by atoms with Gasteiger partial charge in [-0.1, -0.05) is 74.5 Å². The molecule has 7 nitrogen and oxygen atoms in total. The molecule has 0 fully saturated rings. The molecule has 5 rings (SSSR count). The monoisotopic (exact) mass is 652 g/mol. The van der Waals surface area contributed by atoms with Gasteiger partial charge in [0.2, 0.25) is 5.91 Å². The van der Waals surface area contributed by atoms with Crippen LogP contribution in [0.2, 0.25) is 0 Å². The van der Waals surface area contributed by atoms with E-state index in [-0.39, 0.29) is 17.3 Å². The second kappa shape index (κ2) is 14.9. The molecule has 0 bridgehead atoms. The molecule has 3 amide bonds. The van der Waals surface area contributed by atoms with Crippen LogP contribution in [-0.4, -0.2) is 40.7 Å². The van der Waals surface area contributed by atoms with E-state index >= 15 is 0 Å². The summed E-state index contributed by atoms with van der Waals surface area (Å²) in [5.74, 6) is -0.802. The molecule has 0 aliphatic carbocycles. The molecule has 0 spiro atoms. The third-order valence-corrected chi connectivity index (χ3v) is 7.84. The van der Waals surface area contributed by atoms with Crippen LogP contribution in [0.15, 0.2) is 109 Å². The molecular formula is C38H35F3N4O3. The van der Waals surface area contributed by atoms with Crippen molar-refractivity contribution in [3.63, 3.8) is 0 Å². The molecule has 1 heterocycles. The standard InChI is InChI=1S/C38H35F3N4O3/c1-3-22-45(23-4-2)37(48)34(26-10-6-5-7-11-26)44-35(46)28-16-20-32-27(24-28)17-21-33(42-32)43-36(47)31-13-9-8-12-30(31)25-14-18-29(19-15-25)38(39,40)41/h5-21,24,34H,3-4,22-23H2,1-2H3,(H,44,46)(H,42,43,47)/t34-/m0/s1. The summed E-state index contributed by atoms with van der Waals surface area (Å²) in [7, 11) is 0. The Kier molecular flexibility index (Phi) is 10.5. The minimum absolute atomic E-state index is 0.166. The fourth-order valence-electron chi connectivity index (χ4n) is 5.49. The predicted molar refractivity (Wildman–Crippen MR) is 180 cm³/mol. The average Bonchev–Trinajstić information content (AvgIpc) is 3.10. The van der Waals surface area contributed by atoms with Crippen molar-refractivity contribution in [1.82, 2.24) is 15.2 Å². The Morgan fingerprint density at radius 3 is 2.10 bits per heavy atom. The molecule has 5 aromatic rings. The first-order chi connectivity index (χ1) is 23.1. The highest BCUT2D eigenvalue weighted by atomic mass is 19.4. The minimum atomic E-state index is -4.46. The van der Waals surface area contributed by atoms with Crippen LogP contribution >= 0.6 is 0 Å². The first kappa shape index (κ1) is 33.8. The van der Waals surface area contributed by atoms with E-state index in [0.717, 1.165) is 25.0 Å². The first-order valence-corrected chi connectivity index (χ1v) is 15.7. The number of nitrogens with zero attached hydrogens (tertiary/aromatic N) is 2. The second-order valence-electron chi connectivity index (χ2n) is 11.3. The Balaban J connectivity index is 1.34. The van der Waals surface area contributed by atoms with Crippen LogP contribution in [0.1, 0.15) is 64.6 Å². The molecule has 10 heteroatoms. The van der Waals surface area contributed by atoms with E-state index in [1.54, 1.807) is 59.5 Å². The number of rotatable bonds is 11. The number of hydrogen-bond donors (Lipinski definition) is 2. The van der Waals surface area contributed by atoms with E-state index in [1.165, 1.54) is 12.1 Å². The van der Waals surface area contributed by atoms with E-state index in [2.05, 4.69) is 15.6 Å². The van der Waals surface area contributed by atoms with Crippen molar-refractivity contribution < 1.29 is 27.6 Å². The molecule has 246 valence electrons. The number of hydrogen-bond acceptors (Lipinski definition) is 4. The van der Waals surface area contributed by atoms with E-state index in [0.29, 0.717) is 46.2 Å². The van der Waals surface area contributed by atoms with Crippen molar-refractivity contribution in [3.05, 3.63) is 131 Å². The fraction of sp³-hybridized carbons (Fsp3) is 0.211. The lowest BCUT2D eigenvalue weighted by Crippen LogP contribution is -2.43. The lowest BCUT2D eigenvalue weighted by atomic mass is 9.98. The van der Waals surface area contributed by atoms with Crippen molar-refractivity contribution in [2.24, 2.45) is 0 Å². The fourth-order valence-corrected chi connectivity index (χ4v) is 5.49. The van der Waals surface area contributed by atoms with Gasteiger partial charge in [0, 0.05) is 29.6 Å². The van der Waals surface area contributed by atoms with Gasteiger partial charge in [0.25, 0.3) is 11.8 Å². The summed E-state index contributed by atoms with van der Waals surface area (Å²) < 4.78 is 39.2. The van der Waals surface area contributed by atoms with Crippen LogP contribution in [0.3, 0.4) is 0 Å². The summed E-state index contributed by atoms with van der Waals surface area (Å²) in [6.45, 7) is 5.20. The molecule has 1 aromatic heterocycles. The molecule has 0 saturated heterocycles. The number of carbonyl (C=O) groups excluding carboxylic acids is 3. The molecule has 0 saturated carbocycles. The Bertz CT molecular complexity index is 1910. The predicted octanol–water partition coefficient (Wildman–Crippen LogP) is 8.29. The lowest BCUT2D eigenvalue weighted by molar-refractivity contribution is -0.137. The molecule has 48 heavy (non-hydrogen) atoms. The summed E-state index contributed by atoms with van der Waals surface area (Å²) in [5, 5.41) is 6.35. The van der Waals surface area contributed by atoms with Crippen LogP contribution in [0.5, 0.6) is 0 Å². The SMILES string of the molecule is CCCN(CCC)C(=O)[C@@H](NC(=O)c1ccc2nc(NC(=O)c3ccccc3-c3ccc(C(F)(F)F)cc3)ccc2c1)c1ccccc1. The van der Waals surface area contributed by atoms with Crippen LogP contribution in [0, 0.1) is 0 Å². The largest absolute Gasteiger partial charge is 0.416 e. The minimum Gasteiger partial charge on any atom is -0.341 e. The van der Waals surface area contributed by atoms with Gasteiger partial charge < -0.3 is 15.5 Å². The summed E-state index contributed by atoms with van der Waals surface area (Å²) in [6.07, 6.45) is -2.87. The first-order valence-electron chi connectivity index (χ1n) is 15.7. The number of anilines is 1. The Hall–Kier alpha value is -5.51. The highest BCUT2D eigenvalue weighted by molar-refractivity contribution is 6.09. The molecule has 0 radical (unpaired) electrons. The number of pyridine rings is 1. The number of alkyl halides is 3.